The first-order valence-corrected chi connectivity index (χ1v) is 9.78. The van der Waals surface area contributed by atoms with Crippen molar-refractivity contribution in [2.75, 3.05) is 20.2 Å². The smallest absolute Gasteiger partial charge is 0.387 e. The zero-order valence-electron chi connectivity index (χ0n) is 16.8. The van der Waals surface area contributed by atoms with E-state index in [1.54, 1.807) is 18.3 Å². The van der Waals surface area contributed by atoms with E-state index in [0.29, 0.717) is 5.56 Å². The van der Waals surface area contributed by atoms with Crippen LogP contribution in [0.1, 0.15) is 24.1 Å². The van der Waals surface area contributed by atoms with Crippen LogP contribution in [0.3, 0.4) is 0 Å². The molecule has 1 N–H and O–H groups in total. The molecule has 30 heavy (non-hydrogen) atoms. The predicted molar refractivity (Wildman–Crippen MR) is 109 cm³/mol. The zero-order chi connectivity index (χ0) is 21.3. The molecule has 0 saturated carbocycles. The number of methoxy groups -OCH3 is 1. The summed E-state index contributed by atoms with van der Waals surface area (Å²) in [5.74, 6) is -0.191. The summed E-state index contributed by atoms with van der Waals surface area (Å²) in [7, 11) is 1.37. The highest BCUT2D eigenvalue weighted by Gasteiger charge is 2.20. The minimum atomic E-state index is -2.99. The molecular weight excluding hydrogens is 392 g/mol. The van der Waals surface area contributed by atoms with Crippen LogP contribution in [0.4, 0.5) is 8.78 Å². The second-order valence-electron chi connectivity index (χ2n) is 6.97. The van der Waals surface area contributed by atoms with Gasteiger partial charge in [-0.2, -0.15) is 8.78 Å². The number of rotatable bonds is 8. The van der Waals surface area contributed by atoms with E-state index in [-0.39, 0.29) is 23.4 Å². The Kier molecular flexibility index (Phi) is 7.73. The number of hydrogen-bond acceptors (Lipinski definition) is 5. The molecule has 1 aliphatic heterocycles. The molecule has 2 aromatic rings. The van der Waals surface area contributed by atoms with Gasteiger partial charge in [-0.3, -0.25) is 14.7 Å². The van der Waals surface area contributed by atoms with E-state index in [0.717, 1.165) is 38.2 Å². The number of carbonyl (C=O) groups excluding carboxylic acids is 1. The van der Waals surface area contributed by atoms with Crippen molar-refractivity contribution >= 4 is 12.0 Å². The summed E-state index contributed by atoms with van der Waals surface area (Å²) in [6.07, 6.45) is 6.24. The molecule has 1 aliphatic rings. The van der Waals surface area contributed by atoms with E-state index in [1.165, 1.54) is 25.3 Å². The summed E-state index contributed by atoms with van der Waals surface area (Å²) in [6.45, 7) is -0.455. The number of likely N-dealkylation sites (tertiary alicyclic amines) is 1. The van der Waals surface area contributed by atoms with E-state index < -0.39 is 6.61 Å². The number of nitrogens with one attached hydrogen (secondary N) is 1. The molecule has 8 heteroatoms. The number of benzene rings is 1. The van der Waals surface area contributed by atoms with Crippen molar-refractivity contribution in [3.8, 4) is 11.5 Å². The lowest BCUT2D eigenvalue weighted by Crippen LogP contribution is -2.43. The van der Waals surface area contributed by atoms with Crippen LogP contribution in [0.2, 0.25) is 0 Å². The third-order valence-electron chi connectivity index (χ3n) is 4.90. The molecule has 0 atom stereocenters. The molecule has 0 spiro atoms. The van der Waals surface area contributed by atoms with Crippen molar-refractivity contribution in [1.82, 2.24) is 15.2 Å². The summed E-state index contributed by atoms with van der Waals surface area (Å²) < 4.78 is 35.0. The first-order chi connectivity index (χ1) is 14.5. The molecule has 1 aromatic heterocycles. The second kappa shape index (κ2) is 10.7. The van der Waals surface area contributed by atoms with E-state index in [1.807, 2.05) is 18.2 Å². The zero-order valence-corrected chi connectivity index (χ0v) is 16.8. The Morgan fingerprint density at radius 1 is 1.27 bits per heavy atom. The third-order valence-corrected chi connectivity index (χ3v) is 4.90. The van der Waals surface area contributed by atoms with Crippen molar-refractivity contribution in [3.63, 3.8) is 0 Å². The van der Waals surface area contributed by atoms with Gasteiger partial charge in [0, 0.05) is 43.5 Å². The number of halogens is 2. The molecule has 0 unspecified atom stereocenters. The van der Waals surface area contributed by atoms with Gasteiger partial charge in [-0.05, 0) is 37.1 Å². The van der Waals surface area contributed by atoms with Crippen LogP contribution < -0.4 is 14.8 Å². The Labute approximate surface area is 174 Å². The fourth-order valence-electron chi connectivity index (χ4n) is 3.41. The highest BCUT2D eigenvalue weighted by molar-refractivity contribution is 5.92. The normalized spacial score (nSPS) is 15.5. The van der Waals surface area contributed by atoms with Gasteiger partial charge in [-0.25, -0.2) is 0 Å². The number of hydrogen-bond donors (Lipinski definition) is 1. The number of aromatic nitrogens is 1. The molecule has 160 valence electrons. The molecule has 1 amide bonds. The van der Waals surface area contributed by atoms with Crippen molar-refractivity contribution in [2.45, 2.75) is 32.0 Å². The largest absolute Gasteiger partial charge is 0.493 e. The minimum Gasteiger partial charge on any atom is -0.493 e. The number of ether oxygens (including phenoxy) is 2. The number of pyridine rings is 1. The summed E-state index contributed by atoms with van der Waals surface area (Å²) in [4.78, 5) is 19.0. The summed E-state index contributed by atoms with van der Waals surface area (Å²) >= 11 is 0. The van der Waals surface area contributed by atoms with Crippen LogP contribution in [0.15, 0.2) is 48.7 Å². The Balaban J connectivity index is 1.52. The summed E-state index contributed by atoms with van der Waals surface area (Å²) in [5, 5.41) is 2.97. The maximum absolute atomic E-state index is 12.7. The molecule has 1 fully saturated rings. The average Bonchev–Trinajstić information content (AvgIpc) is 2.74. The fourth-order valence-corrected chi connectivity index (χ4v) is 3.41. The van der Waals surface area contributed by atoms with Gasteiger partial charge in [-0.1, -0.05) is 18.2 Å². The number of amides is 1. The molecule has 3 rings (SSSR count). The number of alkyl halides is 2. The molecule has 0 bridgehead atoms. The SMILES string of the molecule is COc1cccc(C=CC(=O)NC2CCN(Cc3ccccn3)CC2)c1OC(F)F. The Morgan fingerprint density at radius 2 is 2.07 bits per heavy atom. The van der Waals surface area contributed by atoms with Crippen molar-refractivity contribution < 1.29 is 23.0 Å². The quantitative estimate of drug-likeness (QED) is 0.667. The van der Waals surface area contributed by atoms with Gasteiger partial charge in [0.15, 0.2) is 11.5 Å². The lowest BCUT2D eigenvalue weighted by Gasteiger charge is -2.31. The maximum atomic E-state index is 12.7. The van der Waals surface area contributed by atoms with Crippen LogP contribution in [0.5, 0.6) is 11.5 Å². The van der Waals surface area contributed by atoms with Gasteiger partial charge in [-0.15, -0.1) is 0 Å². The number of nitrogens with zero attached hydrogens (tertiary/aromatic N) is 2. The first kappa shape index (κ1) is 21.7. The number of piperidine rings is 1. The van der Waals surface area contributed by atoms with E-state index >= 15 is 0 Å². The first-order valence-electron chi connectivity index (χ1n) is 9.78. The number of para-hydroxylation sites is 1. The average molecular weight is 417 g/mol. The molecule has 2 heterocycles. The molecule has 1 aromatic carbocycles. The summed E-state index contributed by atoms with van der Waals surface area (Å²) in [6, 6.07) is 10.7. The molecule has 0 aliphatic carbocycles. The van der Waals surface area contributed by atoms with E-state index in [9.17, 15) is 13.6 Å². The Bertz CT molecular complexity index is 854. The summed E-state index contributed by atoms with van der Waals surface area (Å²) in [5.41, 5.74) is 1.37. The van der Waals surface area contributed by atoms with Gasteiger partial charge < -0.3 is 14.8 Å². The van der Waals surface area contributed by atoms with Crippen molar-refractivity contribution in [3.05, 3.63) is 59.9 Å². The van der Waals surface area contributed by atoms with Crippen LogP contribution in [-0.2, 0) is 11.3 Å². The van der Waals surface area contributed by atoms with Crippen LogP contribution in [0.25, 0.3) is 6.08 Å². The van der Waals surface area contributed by atoms with Gasteiger partial charge in [0.05, 0.1) is 12.8 Å². The maximum Gasteiger partial charge on any atom is 0.387 e. The molecule has 0 radical (unpaired) electrons. The fraction of sp³-hybridized carbons (Fsp3) is 0.364. The monoisotopic (exact) mass is 417 g/mol. The molecule has 6 nitrogen and oxygen atoms in total. The third kappa shape index (κ3) is 6.25. The minimum absolute atomic E-state index is 0.0734. The topological polar surface area (TPSA) is 63.7 Å². The number of carbonyl (C=O) groups is 1. The van der Waals surface area contributed by atoms with E-state index in [4.69, 9.17) is 4.74 Å². The highest BCUT2D eigenvalue weighted by Crippen LogP contribution is 2.33. The molecule has 1 saturated heterocycles. The second-order valence-corrected chi connectivity index (χ2v) is 6.97. The van der Waals surface area contributed by atoms with Crippen molar-refractivity contribution in [1.29, 1.82) is 0 Å². The van der Waals surface area contributed by atoms with Gasteiger partial charge in [0.2, 0.25) is 5.91 Å². The standard InChI is InChI=1S/C22H25F2N3O3/c1-29-19-7-4-5-16(21(19)30-22(23)24)8-9-20(28)26-17-10-13-27(14-11-17)15-18-6-2-3-12-25-18/h2-9,12,17,22H,10-11,13-15H2,1H3,(H,26,28). The van der Waals surface area contributed by atoms with E-state index in [2.05, 4.69) is 19.9 Å². The van der Waals surface area contributed by atoms with Crippen LogP contribution in [0, 0.1) is 0 Å². The molecular formula is C22H25F2N3O3. The van der Waals surface area contributed by atoms with Gasteiger partial charge >= 0.3 is 6.61 Å². The highest BCUT2D eigenvalue weighted by atomic mass is 19.3. The van der Waals surface area contributed by atoms with Crippen molar-refractivity contribution in [2.24, 2.45) is 0 Å². The van der Waals surface area contributed by atoms with Gasteiger partial charge in [0.25, 0.3) is 0 Å². The van der Waals surface area contributed by atoms with Gasteiger partial charge in [0.1, 0.15) is 0 Å². The lowest BCUT2D eigenvalue weighted by atomic mass is 10.0. The predicted octanol–water partition coefficient (Wildman–Crippen LogP) is 3.49. The van der Waals surface area contributed by atoms with Crippen LogP contribution >= 0.6 is 0 Å². The Morgan fingerprint density at radius 3 is 2.73 bits per heavy atom. The van der Waals surface area contributed by atoms with Crippen LogP contribution in [-0.4, -0.2) is 48.6 Å². The Hall–Kier alpha value is -3.00. The lowest BCUT2D eigenvalue weighted by molar-refractivity contribution is -0.117.